The molecule has 4 fully saturated rings. The van der Waals surface area contributed by atoms with Crippen molar-refractivity contribution in [3.05, 3.63) is 12.2 Å². The highest BCUT2D eigenvalue weighted by Crippen LogP contribution is 2.47. The molecule has 2 saturated heterocycles. The third-order valence-electron chi connectivity index (χ3n) is 5.75. The lowest BCUT2D eigenvalue weighted by molar-refractivity contribution is -0.138. The van der Waals surface area contributed by atoms with E-state index in [1.807, 2.05) is 0 Å². The Morgan fingerprint density at radius 1 is 0.889 bits per heavy atom. The molecular weight excluding hydrogens is 222 g/mol. The standard InChI is InChI=1S/C16H23NO/c18-16(14-3-1-2-4-14)17-10-13-6-11-5-12(7-13)9-15(17)8-11/h1-2,11-15H,3-10H2. The van der Waals surface area contributed by atoms with Crippen LogP contribution in [0.1, 0.15) is 44.9 Å². The normalized spacial score (nSPS) is 42.6. The number of allylic oxidation sites excluding steroid dienone is 2. The van der Waals surface area contributed by atoms with Crippen molar-refractivity contribution in [2.45, 2.75) is 51.0 Å². The van der Waals surface area contributed by atoms with E-state index in [9.17, 15) is 4.79 Å². The molecule has 0 aromatic rings. The molecular formula is C16H23NO. The van der Waals surface area contributed by atoms with Crippen LogP contribution in [0.15, 0.2) is 12.2 Å². The molecule has 2 heterocycles. The lowest BCUT2D eigenvalue weighted by Gasteiger charge is -2.39. The molecule has 2 heteroatoms. The second kappa shape index (κ2) is 4.11. The number of carbonyl (C=O) groups is 1. The van der Waals surface area contributed by atoms with Crippen molar-refractivity contribution < 1.29 is 4.79 Å². The van der Waals surface area contributed by atoms with Crippen LogP contribution in [0, 0.1) is 23.7 Å². The van der Waals surface area contributed by atoms with Crippen LogP contribution in [-0.4, -0.2) is 23.4 Å². The predicted octanol–water partition coefficient (Wildman–Crippen LogP) is 2.99. The number of rotatable bonds is 1. The van der Waals surface area contributed by atoms with Crippen molar-refractivity contribution in [3.8, 4) is 0 Å². The highest BCUT2D eigenvalue weighted by Gasteiger charge is 2.44. The molecule has 2 nitrogen and oxygen atoms in total. The molecule has 1 amide bonds. The van der Waals surface area contributed by atoms with Gasteiger partial charge < -0.3 is 4.90 Å². The maximum Gasteiger partial charge on any atom is 0.226 e. The maximum atomic E-state index is 12.7. The number of amides is 1. The molecule has 0 aromatic carbocycles. The van der Waals surface area contributed by atoms with Crippen LogP contribution in [0.5, 0.6) is 0 Å². The van der Waals surface area contributed by atoms with Crippen molar-refractivity contribution in [1.82, 2.24) is 4.90 Å². The second-order valence-corrected chi connectivity index (χ2v) is 7.06. The summed E-state index contributed by atoms with van der Waals surface area (Å²) in [7, 11) is 0. The molecule has 0 aromatic heterocycles. The minimum absolute atomic E-state index is 0.278. The average Bonchev–Trinajstić information content (AvgIpc) is 2.80. The van der Waals surface area contributed by atoms with E-state index in [4.69, 9.17) is 0 Å². The number of carbonyl (C=O) groups excluding carboxylic acids is 1. The third kappa shape index (κ3) is 1.72. The summed E-state index contributed by atoms with van der Waals surface area (Å²) in [6.07, 6.45) is 13.2. The fourth-order valence-corrected chi connectivity index (χ4v) is 5.11. The summed E-state index contributed by atoms with van der Waals surface area (Å²) in [6, 6.07) is 0.592. The lowest BCUT2D eigenvalue weighted by atomic mass is 9.68. The van der Waals surface area contributed by atoms with Gasteiger partial charge in [-0.1, -0.05) is 12.2 Å². The van der Waals surface area contributed by atoms with Gasteiger partial charge >= 0.3 is 0 Å². The smallest absolute Gasteiger partial charge is 0.226 e. The summed E-state index contributed by atoms with van der Waals surface area (Å²) in [5.41, 5.74) is 0. The van der Waals surface area contributed by atoms with Gasteiger partial charge in [-0.05, 0) is 62.7 Å². The summed E-state index contributed by atoms with van der Waals surface area (Å²) < 4.78 is 0. The summed E-state index contributed by atoms with van der Waals surface area (Å²) in [5, 5.41) is 0. The molecule has 4 bridgehead atoms. The lowest BCUT2D eigenvalue weighted by Crippen LogP contribution is -2.44. The molecule has 0 radical (unpaired) electrons. The van der Waals surface area contributed by atoms with Gasteiger partial charge in [-0.25, -0.2) is 0 Å². The zero-order valence-electron chi connectivity index (χ0n) is 11.1. The van der Waals surface area contributed by atoms with E-state index >= 15 is 0 Å². The summed E-state index contributed by atoms with van der Waals surface area (Å²) in [5.74, 6) is 3.44. The quantitative estimate of drug-likeness (QED) is 0.650. The topological polar surface area (TPSA) is 20.3 Å². The molecule has 2 atom stereocenters. The molecule has 5 aliphatic rings. The number of fused-ring (bicyclic) bond motifs is 1. The van der Waals surface area contributed by atoms with E-state index < -0.39 is 0 Å². The van der Waals surface area contributed by atoms with Crippen LogP contribution in [-0.2, 0) is 4.79 Å². The number of hydrogen-bond acceptors (Lipinski definition) is 1. The van der Waals surface area contributed by atoms with Crippen LogP contribution < -0.4 is 0 Å². The summed E-state index contributed by atoms with van der Waals surface area (Å²) in [6.45, 7) is 1.08. The Hall–Kier alpha value is -0.790. The van der Waals surface area contributed by atoms with Gasteiger partial charge in [-0.2, -0.15) is 0 Å². The van der Waals surface area contributed by atoms with E-state index in [1.165, 1.54) is 32.1 Å². The summed E-state index contributed by atoms with van der Waals surface area (Å²) in [4.78, 5) is 15.0. The molecule has 3 aliphatic carbocycles. The van der Waals surface area contributed by atoms with E-state index in [0.717, 1.165) is 37.1 Å². The zero-order valence-corrected chi connectivity index (χ0v) is 11.1. The first-order chi connectivity index (χ1) is 8.79. The zero-order chi connectivity index (χ0) is 12.1. The Kier molecular flexibility index (Phi) is 2.53. The highest BCUT2D eigenvalue weighted by molar-refractivity contribution is 5.80. The van der Waals surface area contributed by atoms with Crippen molar-refractivity contribution in [3.63, 3.8) is 0 Å². The van der Waals surface area contributed by atoms with Gasteiger partial charge in [-0.3, -0.25) is 4.79 Å². The third-order valence-corrected chi connectivity index (χ3v) is 5.75. The maximum absolute atomic E-state index is 12.7. The van der Waals surface area contributed by atoms with Crippen LogP contribution in [0.4, 0.5) is 0 Å². The van der Waals surface area contributed by atoms with Gasteiger partial charge in [0, 0.05) is 18.5 Å². The fraction of sp³-hybridized carbons (Fsp3) is 0.812. The Labute approximate surface area is 109 Å². The van der Waals surface area contributed by atoms with Gasteiger partial charge in [0.05, 0.1) is 0 Å². The van der Waals surface area contributed by atoms with Crippen molar-refractivity contribution in [1.29, 1.82) is 0 Å². The first-order valence-corrected chi connectivity index (χ1v) is 7.75. The van der Waals surface area contributed by atoms with Crippen LogP contribution in [0.3, 0.4) is 0 Å². The van der Waals surface area contributed by atoms with E-state index in [-0.39, 0.29) is 5.92 Å². The first-order valence-electron chi connectivity index (χ1n) is 7.75. The molecule has 98 valence electrons. The van der Waals surface area contributed by atoms with Gasteiger partial charge in [0.2, 0.25) is 5.91 Å². The van der Waals surface area contributed by atoms with E-state index in [1.54, 1.807) is 0 Å². The minimum atomic E-state index is 0.278. The molecule has 0 spiro atoms. The molecule has 2 aliphatic heterocycles. The molecule has 2 unspecified atom stereocenters. The minimum Gasteiger partial charge on any atom is -0.339 e. The van der Waals surface area contributed by atoms with Crippen LogP contribution in [0.25, 0.3) is 0 Å². The fourth-order valence-electron chi connectivity index (χ4n) is 5.11. The summed E-state index contributed by atoms with van der Waals surface area (Å²) >= 11 is 0. The van der Waals surface area contributed by atoms with Crippen LogP contribution >= 0.6 is 0 Å². The molecule has 0 N–H and O–H groups in total. The Bertz CT molecular complexity index is 367. The average molecular weight is 245 g/mol. The first kappa shape index (κ1) is 11.1. The Morgan fingerprint density at radius 2 is 1.50 bits per heavy atom. The van der Waals surface area contributed by atoms with Gasteiger partial charge in [-0.15, -0.1) is 0 Å². The monoisotopic (exact) mass is 245 g/mol. The number of hydrogen-bond donors (Lipinski definition) is 0. The van der Waals surface area contributed by atoms with Gasteiger partial charge in [0.15, 0.2) is 0 Å². The van der Waals surface area contributed by atoms with Crippen molar-refractivity contribution in [2.75, 3.05) is 6.54 Å². The van der Waals surface area contributed by atoms with E-state index in [0.29, 0.717) is 11.9 Å². The molecule has 2 saturated carbocycles. The van der Waals surface area contributed by atoms with E-state index in [2.05, 4.69) is 17.1 Å². The van der Waals surface area contributed by atoms with Crippen molar-refractivity contribution in [2.24, 2.45) is 23.7 Å². The Morgan fingerprint density at radius 3 is 2.17 bits per heavy atom. The predicted molar refractivity (Wildman–Crippen MR) is 70.9 cm³/mol. The highest BCUT2D eigenvalue weighted by atomic mass is 16.2. The Balaban J connectivity index is 1.56. The van der Waals surface area contributed by atoms with Gasteiger partial charge in [0.25, 0.3) is 0 Å². The molecule has 5 rings (SSSR count). The number of nitrogens with zero attached hydrogens (tertiary/aromatic N) is 1. The van der Waals surface area contributed by atoms with Crippen molar-refractivity contribution >= 4 is 5.91 Å². The largest absolute Gasteiger partial charge is 0.339 e. The SMILES string of the molecule is O=C(C1CC=CC1)N1CC2CC3CC(C2)CC1C3. The van der Waals surface area contributed by atoms with Crippen LogP contribution in [0.2, 0.25) is 0 Å². The molecule has 18 heavy (non-hydrogen) atoms. The van der Waals surface area contributed by atoms with Gasteiger partial charge in [0.1, 0.15) is 0 Å². The second-order valence-electron chi connectivity index (χ2n) is 7.06.